The van der Waals surface area contributed by atoms with Crippen LogP contribution in [0.3, 0.4) is 0 Å². The lowest BCUT2D eigenvalue weighted by Crippen LogP contribution is -2.64. The van der Waals surface area contributed by atoms with Crippen LogP contribution in [0.5, 0.6) is 0 Å². The maximum absolute atomic E-state index is 4.60. The Morgan fingerprint density at radius 1 is 0.955 bits per heavy atom. The van der Waals surface area contributed by atoms with Gasteiger partial charge in [0.1, 0.15) is 0 Å². The van der Waals surface area contributed by atoms with E-state index in [1.54, 1.807) is 11.3 Å². The Morgan fingerprint density at radius 3 is 2.18 bits per heavy atom. The fourth-order valence-electron chi connectivity index (χ4n) is 4.24. The molecule has 2 saturated heterocycles. The standard InChI is InChI=1S/C17H28N4S/c1-14-13-22-17(18-14)21-11-16(12-21)20-9-7-19(8-10-20)15-5-3-2-4-6-15/h13,15-16H,2-12H2,1H3. The van der Waals surface area contributed by atoms with Crippen molar-refractivity contribution in [3.8, 4) is 0 Å². The third kappa shape index (κ3) is 3.03. The molecular formula is C17H28N4S. The summed E-state index contributed by atoms with van der Waals surface area (Å²) in [5.41, 5.74) is 1.16. The second kappa shape index (κ2) is 6.46. The highest BCUT2D eigenvalue weighted by Crippen LogP contribution is 2.28. The van der Waals surface area contributed by atoms with Crippen molar-refractivity contribution in [3.63, 3.8) is 0 Å². The Kier molecular flexibility index (Phi) is 4.38. The topological polar surface area (TPSA) is 22.6 Å². The zero-order chi connectivity index (χ0) is 14.9. The van der Waals surface area contributed by atoms with Gasteiger partial charge in [-0.25, -0.2) is 4.98 Å². The predicted octanol–water partition coefficient (Wildman–Crippen LogP) is 2.59. The zero-order valence-corrected chi connectivity index (χ0v) is 14.5. The molecule has 2 aliphatic heterocycles. The Bertz CT molecular complexity index is 483. The first kappa shape index (κ1) is 14.9. The minimum atomic E-state index is 0.762. The first-order chi connectivity index (χ1) is 10.8. The van der Waals surface area contributed by atoms with Gasteiger partial charge in [-0.1, -0.05) is 19.3 Å². The van der Waals surface area contributed by atoms with Crippen LogP contribution < -0.4 is 4.90 Å². The normalized spacial score (nSPS) is 26.3. The van der Waals surface area contributed by atoms with Gasteiger partial charge in [0.15, 0.2) is 5.13 Å². The van der Waals surface area contributed by atoms with Crippen LogP contribution in [-0.4, -0.2) is 66.1 Å². The van der Waals surface area contributed by atoms with E-state index in [1.165, 1.54) is 76.5 Å². The largest absolute Gasteiger partial charge is 0.345 e. The zero-order valence-electron chi connectivity index (χ0n) is 13.7. The quantitative estimate of drug-likeness (QED) is 0.854. The van der Waals surface area contributed by atoms with Crippen molar-refractivity contribution in [1.82, 2.24) is 14.8 Å². The van der Waals surface area contributed by atoms with Gasteiger partial charge in [-0.3, -0.25) is 9.80 Å². The average molecular weight is 321 g/mol. The van der Waals surface area contributed by atoms with Gasteiger partial charge in [0.25, 0.3) is 0 Å². The van der Waals surface area contributed by atoms with E-state index in [2.05, 4.69) is 32.0 Å². The molecule has 3 fully saturated rings. The molecule has 0 radical (unpaired) electrons. The molecule has 0 unspecified atom stereocenters. The number of hydrogen-bond donors (Lipinski definition) is 0. The van der Waals surface area contributed by atoms with E-state index in [4.69, 9.17) is 0 Å². The Balaban J connectivity index is 1.23. The molecule has 4 rings (SSSR count). The van der Waals surface area contributed by atoms with Gasteiger partial charge in [-0.05, 0) is 19.8 Å². The molecule has 1 aliphatic carbocycles. The van der Waals surface area contributed by atoms with Gasteiger partial charge in [-0.15, -0.1) is 11.3 Å². The first-order valence-corrected chi connectivity index (χ1v) is 9.83. The third-order valence-corrected chi connectivity index (χ3v) is 6.72. The highest BCUT2D eigenvalue weighted by molar-refractivity contribution is 7.13. The molecule has 0 spiro atoms. The van der Waals surface area contributed by atoms with E-state index in [-0.39, 0.29) is 0 Å². The number of hydrogen-bond acceptors (Lipinski definition) is 5. The average Bonchev–Trinajstić information content (AvgIpc) is 2.94. The smallest absolute Gasteiger partial charge is 0.185 e. The maximum Gasteiger partial charge on any atom is 0.185 e. The Morgan fingerprint density at radius 2 is 1.59 bits per heavy atom. The fraction of sp³-hybridized carbons (Fsp3) is 0.824. The molecule has 0 atom stereocenters. The molecule has 0 bridgehead atoms. The summed E-state index contributed by atoms with van der Waals surface area (Å²) in [6.45, 7) is 9.56. The van der Waals surface area contributed by atoms with Gasteiger partial charge in [0.05, 0.1) is 5.69 Å². The molecule has 5 heteroatoms. The van der Waals surface area contributed by atoms with Crippen molar-refractivity contribution < 1.29 is 0 Å². The Labute approximate surface area is 138 Å². The van der Waals surface area contributed by atoms with Gasteiger partial charge in [-0.2, -0.15) is 0 Å². The highest BCUT2D eigenvalue weighted by Gasteiger charge is 2.35. The lowest BCUT2D eigenvalue weighted by Gasteiger charge is -2.49. The summed E-state index contributed by atoms with van der Waals surface area (Å²) in [6, 6.07) is 1.66. The summed E-state index contributed by atoms with van der Waals surface area (Å²) in [5.74, 6) is 0. The number of thiazole rings is 1. The molecular weight excluding hydrogens is 292 g/mol. The molecule has 0 aromatic carbocycles. The number of piperazine rings is 1. The monoisotopic (exact) mass is 320 g/mol. The van der Waals surface area contributed by atoms with E-state index in [9.17, 15) is 0 Å². The molecule has 0 N–H and O–H groups in total. The second-order valence-electron chi connectivity index (χ2n) is 7.19. The van der Waals surface area contributed by atoms with Crippen LogP contribution in [0.4, 0.5) is 5.13 Å². The van der Waals surface area contributed by atoms with E-state index in [1.807, 2.05) is 0 Å². The molecule has 1 aromatic rings. The summed E-state index contributed by atoms with van der Waals surface area (Å²) in [6.07, 6.45) is 7.26. The van der Waals surface area contributed by atoms with E-state index < -0.39 is 0 Å². The number of rotatable bonds is 3. The van der Waals surface area contributed by atoms with Crippen molar-refractivity contribution in [1.29, 1.82) is 0 Å². The van der Waals surface area contributed by atoms with Crippen molar-refractivity contribution >= 4 is 16.5 Å². The molecule has 3 heterocycles. The molecule has 1 aromatic heterocycles. The van der Waals surface area contributed by atoms with E-state index in [0.29, 0.717) is 0 Å². The highest BCUT2D eigenvalue weighted by atomic mass is 32.1. The summed E-state index contributed by atoms with van der Waals surface area (Å²) in [4.78, 5) is 12.5. The summed E-state index contributed by atoms with van der Waals surface area (Å²) in [7, 11) is 0. The molecule has 1 saturated carbocycles. The Hall–Kier alpha value is -0.650. The number of aryl methyl sites for hydroxylation is 1. The molecule has 4 nitrogen and oxygen atoms in total. The molecule has 0 amide bonds. The van der Waals surface area contributed by atoms with Crippen LogP contribution in [0.1, 0.15) is 37.8 Å². The van der Waals surface area contributed by atoms with Crippen LogP contribution in [0.25, 0.3) is 0 Å². The summed E-state index contributed by atoms with van der Waals surface area (Å²) in [5, 5.41) is 3.38. The summed E-state index contributed by atoms with van der Waals surface area (Å²) >= 11 is 1.79. The number of aromatic nitrogens is 1. The summed E-state index contributed by atoms with van der Waals surface area (Å²) < 4.78 is 0. The van der Waals surface area contributed by atoms with Crippen molar-refractivity contribution in [2.75, 3.05) is 44.2 Å². The van der Waals surface area contributed by atoms with Gasteiger partial charge < -0.3 is 4.90 Å². The minimum Gasteiger partial charge on any atom is -0.345 e. The molecule has 22 heavy (non-hydrogen) atoms. The number of anilines is 1. The lowest BCUT2D eigenvalue weighted by atomic mass is 9.93. The maximum atomic E-state index is 4.60. The SMILES string of the molecule is Cc1csc(N2CC(N3CCN(C4CCCCC4)CC3)C2)n1. The van der Waals surface area contributed by atoms with Crippen LogP contribution in [0, 0.1) is 6.92 Å². The van der Waals surface area contributed by atoms with Crippen LogP contribution in [0.15, 0.2) is 5.38 Å². The minimum absolute atomic E-state index is 0.762. The van der Waals surface area contributed by atoms with Crippen molar-refractivity contribution in [3.05, 3.63) is 11.1 Å². The van der Waals surface area contributed by atoms with Crippen LogP contribution in [-0.2, 0) is 0 Å². The molecule has 122 valence electrons. The van der Waals surface area contributed by atoms with E-state index in [0.717, 1.165) is 17.8 Å². The van der Waals surface area contributed by atoms with Crippen LogP contribution in [0.2, 0.25) is 0 Å². The fourth-order valence-corrected chi connectivity index (χ4v) is 5.07. The first-order valence-electron chi connectivity index (χ1n) is 8.95. The van der Waals surface area contributed by atoms with Gasteiger partial charge in [0.2, 0.25) is 0 Å². The van der Waals surface area contributed by atoms with Gasteiger partial charge >= 0.3 is 0 Å². The number of nitrogens with zero attached hydrogens (tertiary/aromatic N) is 4. The predicted molar refractivity (Wildman–Crippen MR) is 92.9 cm³/mol. The van der Waals surface area contributed by atoms with Gasteiger partial charge in [0, 0.05) is 56.7 Å². The van der Waals surface area contributed by atoms with Crippen LogP contribution >= 0.6 is 11.3 Å². The second-order valence-corrected chi connectivity index (χ2v) is 8.03. The van der Waals surface area contributed by atoms with Crippen molar-refractivity contribution in [2.45, 2.75) is 51.1 Å². The van der Waals surface area contributed by atoms with E-state index >= 15 is 0 Å². The van der Waals surface area contributed by atoms with Crippen molar-refractivity contribution in [2.24, 2.45) is 0 Å². The molecule has 3 aliphatic rings. The lowest BCUT2D eigenvalue weighted by molar-refractivity contribution is 0.0488. The third-order valence-electron chi connectivity index (χ3n) is 5.70.